The van der Waals surface area contributed by atoms with Gasteiger partial charge in [-0.1, -0.05) is 6.92 Å². The van der Waals surface area contributed by atoms with Crippen molar-refractivity contribution in [1.29, 1.82) is 0 Å². The first-order valence-corrected chi connectivity index (χ1v) is 7.07. The number of aromatic nitrogens is 2. The highest BCUT2D eigenvalue weighted by molar-refractivity contribution is 5.90. The van der Waals surface area contributed by atoms with Gasteiger partial charge in [-0.2, -0.15) is 0 Å². The van der Waals surface area contributed by atoms with Crippen molar-refractivity contribution in [3.8, 4) is 0 Å². The van der Waals surface area contributed by atoms with Gasteiger partial charge in [0.25, 0.3) is 5.91 Å². The zero-order chi connectivity index (χ0) is 15.4. The third-order valence-corrected chi connectivity index (χ3v) is 3.99. The smallest absolute Gasteiger partial charge is 0.303 e. The number of rotatable bonds is 5. The Morgan fingerprint density at radius 3 is 2.81 bits per heavy atom. The number of piperidine rings is 1. The van der Waals surface area contributed by atoms with E-state index in [1.165, 1.54) is 0 Å². The lowest BCUT2D eigenvalue weighted by molar-refractivity contribution is -0.138. The topological polar surface area (TPSA) is 109 Å². The summed E-state index contributed by atoms with van der Waals surface area (Å²) in [6.07, 6.45) is 2.20. The zero-order valence-corrected chi connectivity index (χ0v) is 12.0. The first-order valence-electron chi connectivity index (χ1n) is 7.07. The average molecular weight is 292 g/mol. The van der Waals surface area contributed by atoms with E-state index in [9.17, 15) is 9.59 Å². The first kappa shape index (κ1) is 15.2. The number of hydrogen-bond acceptors (Lipinski definition) is 5. The van der Waals surface area contributed by atoms with Crippen LogP contribution < -0.4 is 10.6 Å². The second-order valence-electron chi connectivity index (χ2n) is 5.56. The minimum atomic E-state index is -0.759. The van der Waals surface area contributed by atoms with Crippen LogP contribution in [0.1, 0.15) is 36.7 Å². The second-order valence-corrected chi connectivity index (χ2v) is 5.56. The second kappa shape index (κ2) is 6.51. The van der Waals surface area contributed by atoms with E-state index in [4.69, 9.17) is 10.8 Å². The molecule has 1 aliphatic rings. The molecule has 0 aromatic carbocycles. The Morgan fingerprint density at radius 1 is 1.48 bits per heavy atom. The lowest BCUT2D eigenvalue weighted by atomic mass is 9.84. The molecular weight excluding hydrogens is 272 g/mol. The molecule has 1 aromatic rings. The lowest BCUT2D eigenvalue weighted by Gasteiger charge is -2.35. The van der Waals surface area contributed by atoms with Crippen molar-refractivity contribution in [1.82, 2.24) is 10.2 Å². The third kappa shape index (κ3) is 3.90. The number of nitrogens with two attached hydrogens (primary N) is 1. The summed E-state index contributed by atoms with van der Waals surface area (Å²) in [6.45, 7) is 3.60. The van der Waals surface area contributed by atoms with Crippen molar-refractivity contribution in [2.45, 2.75) is 26.2 Å². The van der Waals surface area contributed by atoms with Gasteiger partial charge < -0.3 is 15.7 Å². The normalized spacial score (nSPS) is 20.0. The van der Waals surface area contributed by atoms with Gasteiger partial charge in [-0.3, -0.25) is 9.59 Å². The molecule has 0 saturated carbocycles. The highest BCUT2D eigenvalue weighted by Gasteiger charge is 2.26. The fourth-order valence-electron chi connectivity index (χ4n) is 2.75. The number of carboxylic acid groups (broad SMARTS) is 1. The predicted molar refractivity (Wildman–Crippen MR) is 76.9 cm³/mol. The number of carboxylic acids is 1. The summed E-state index contributed by atoms with van der Waals surface area (Å²) in [5.41, 5.74) is 5.28. The molecule has 0 spiro atoms. The molecule has 0 radical (unpaired) electrons. The van der Waals surface area contributed by atoms with E-state index >= 15 is 0 Å². The van der Waals surface area contributed by atoms with Gasteiger partial charge >= 0.3 is 5.97 Å². The van der Waals surface area contributed by atoms with Gasteiger partial charge in [0, 0.05) is 19.5 Å². The van der Waals surface area contributed by atoms with Gasteiger partial charge in [0.2, 0.25) is 0 Å². The molecule has 1 aromatic heterocycles. The Hall–Kier alpha value is -2.18. The molecule has 7 heteroatoms. The standard InChI is InChI=1S/C14H20N4O3/c1-9(7-13(19)20)10-3-2-6-18(8-10)12-5-4-11(14(15)21)16-17-12/h4-5,9-10H,2-3,6-8H2,1H3,(H2,15,21)(H,19,20). The number of nitrogens with zero attached hydrogens (tertiary/aromatic N) is 3. The van der Waals surface area contributed by atoms with E-state index in [0.29, 0.717) is 11.7 Å². The van der Waals surface area contributed by atoms with Crippen LogP contribution in [0.25, 0.3) is 0 Å². The fourth-order valence-corrected chi connectivity index (χ4v) is 2.75. The Bertz CT molecular complexity index is 517. The summed E-state index contributed by atoms with van der Waals surface area (Å²) in [6, 6.07) is 3.30. The minimum absolute atomic E-state index is 0.128. The van der Waals surface area contributed by atoms with Crippen LogP contribution in [0.15, 0.2) is 12.1 Å². The first-order chi connectivity index (χ1) is 9.97. The monoisotopic (exact) mass is 292 g/mol. The molecule has 1 amide bonds. The molecule has 0 bridgehead atoms. The van der Waals surface area contributed by atoms with E-state index in [-0.39, 0.29) is 18.0 Å². The molecule has 0 aliphatic carbocycles. The van der Waals surface area contributed by atoms with Crippen molar-refractivity contribution in [3.63, 3.8) is 0 Å². The molecule has 2 rings (SSSR count). The molecule has 114 valence electrons. The number of aliphatic carboxylic acids is 1. The number of anilines is 1. The van der Waals surface area contributed by atoms with Gasteiger partial charge in [-0.15, -0.1) is 10.2 Å². The van der Waals surface area contributed by atoms with Gasteiger partial charge in [0.1, 0.15) is 0 Å². The molecule has 21 heavy (non-hydrogen) atoms. The summed E-state index contributed by atoms with van der Waals surface area (Å²) >= 11 is 0. The molecule has 3 N–H and O–H groups in total. The maximum absolute atomic E-state index is 11.0. The minimum Gasteiger partial charge on any atom is -0.481 e. The summed E-state index contributed by atoms with van der Waals surface area (Å²) < 4.78 is 0. The van der Waals surface area contributed by atoms with E-state index in [1.807, 2.05) is 6.92 Å². The van der Waals surface area contributed by atoms with E-state index in [0.717, 1.165) is 25.9 Å². The van der Waals surface area contributed by atoms with Crippen molar-refractivity contribution in [3.05, 3.63) is 17.8 Å². The van der Waals surface area contributed by atoms with Crippen LogP contribution in [0.5, 0.6) is 0 Å². The molecule has 2 atom stereocenters. The van der Waals surface area contributed by atoms with Crippen molar-refractivity contribution in [2.75, 3.05) is 18.0 Å². The van der Waals surface area contributed by atoms with Gasteiger partial charge in [-0.25, -0.2) is 0 Å². The van der Waals surface area contributed by atoms with Crippen LogP contribution in [-0.2, 0) is 4.79 Å². The summed E-state index contributed by atoms with van der Waals surface area (Å²) in [5.74, 6) is -0.200. The quantitative estimate of drug-likeness (QED) is 0.834. The Balaban J connectivity index is 2.03. The third-order valence-electron chi connectivity index (χ3n) is 3.99. The summed E-state index contributed by atoms with van der Waals surface area (Å²) in [5, 5.41) is 16.7. The molecule has 2 heterocycles. The number of amides is 1. The van der Waals surface area contributed by atoms with Crippen LogP contribution >= 0.6 is 0 Å². The van der Waals surface area contributed by atoms with Gasteiger partial charge in [-0.05, 0) is 36.8 Å². The molecule has 1 saturated heterocycles. The number of carbonyl (C=O) groups excluding carboxylic acids is 1. The zero-order valence-electron chi connectivity index (χ0n) is 12.0. The number of carbonyl (C=O) groups is 2. The Labute approximate surface area is 123 Å². The van der Waals surface area contributed by atoms with Crippen LogP contribution in [0.3, 0.4) is 0 Å². The predicted octanol–water partition coefficient (Wildman–Crippen LogP) is 0.903. The van der Waals surface area contributed by atoms with Crippen molar-refractivity contribution < 1.29 is 14.7 Å². The Morgan fingerprint density at radius 2 is 2.24 bits per heavy atom. The highest BCUT2D eigenvalue weighted by Crippen LogP contribution is 2.28. The maximum atomic E-state index is 11.0. The summed E-state index contributed by atoms with van der Waals surface area (Å²) in [4.78, 5) is 23.9. The van der Waals surface area contributed by atoms with Crippen LogP contribution in [0, 0.1) is 11.8 Å². The molecule has 2 unspecified atom stereocenters. The summed E-state index contributed by atoms with van der Waals surface area (Å²) in [7, 11) is 0. The SMILES string of the molecule is CC(CC(=O)O)C1CCCN(c2ccc(C(N)=O)nn2)C1. The van der Waals surface area contributed by atoms with Gasteiger partial charge in [0.05, 0.1) is 0 Å². The molecule has 1 aliphatic heterocycles. The van der Waals surface area contributed by atoms with Crippen molar-refractivity contribution in [2.24, 2.45) is 17.6 Å². The van der Waals surface area contributed by atoms with Crippen molar-refractivity contribution >= 4 is 17.7 Å². The van der Waals surface area contributed by atoms with Crippen LogP contribution in [0.2, 0.25) is 0 Å². The molecule has 7 nitrogen and oxygen atoms in total. The highest BCUT2D eigenvalue weighted by atomic mass is 16.4. The van der Waals surface area contributed by atoms with Crippen LogP contribution in [-0.4, -0.2) is 40.3 Å². The van der Waals surface area contributed by atoms with E-state index < -0.39 is 11.9 Å². The van der Waals surface area contributed by atoms with E-state index in [2.05, 4.69) is 15.1 Å². The fraction of sp³-hybridized carbons (Fsp3) is 0.571. The largest absolute Gasteiger partial charge is 0.481 e. The maximum Gasteiger partial charge on any atom is 0.303 e. The Kier molecular flexibility index (Phi) is 4.72. The molecule has 1 fully saturated rings. The average Bonchev–Trinajstić information content (AvgIpc) is 2.47. The number of primary amides is 1. The lowest BCUT2D eigenvalue weighted by Crippen LogP contribution is -2.39. The van der Waals surface area contributed by atoms with Gasteiger partial charge in [0.15, 0.2) is 11.5 Å². The van der Waals surface area contributed by atoms with Crippen LogP contribution in [0.4, 0.5) is 5.82 Å². The molecular formula is C14H20N4O3. The van der Waals surface area contributed by atoms with E-state index in [1.54, 1.807) is 12.1 Å². The number of hydrogen-bond donors (Lipinski definition) is 2.